The maximum atomic E-state index is 13.3. The maximum Gasteiger partial charge on any atom is 0.374 e. The molecule has 4 nitrogen and oxygen atoms in total. The van der Waals surface area contributed by atoms with Gasteiger partial charge in [-0.25, -0.2) is 18.0 Å². The predicted molar refractivity (Wildman–Crippen MR) is 48.8 cm³/mol. The van der Waals surface area contributed by atoms with Crippen LogP contribution in [-0.2, 0) is 0 Å². The van der Waals surface area contributed by atoms with E-state index in [2.05, 4.69) is 9.68 Å². The molecule has 17 heavy (non-hydrogen) atoms. The van der Waals surface area contributed by atoms with Crippen LogP contribution in [0.1, 0.15) is 10.6 Å². The Morgan fingerprint density at radius 1 is 1.12 bits per heavy atom. The van der Waals surface area contributed by atoms with E-state index in [-0.39, 0.29) is 11.3 Å². The van der Waals surface area contributed by atoms with Crippen LogP contribution in [0.2, 0.25) is 0 Å². The van der Waals surface area contributed by atoms with Gasteiger partial charge in [-0.3, -0.25) is 0 Å². The molecule has 1 heterocycles. The molecule has 0 saturated heterocycles. The third-order valence-corrected chi connectivity index (χ3v) is 2.01. The Morgan fingerprint density at radius 2 is 1.76 bits per heavy atom. The summed E-state index contributed by atoms with van der Waals surface area (Å²) < 4.78 is 43.2. The van der Waals surface area contributed by atoms with Crippen LogP contribution in [0.15, 0.2) is 22.7 Å². The smallest absolute Gasteiger partial charge is 0.374 e. The lowest BCUT2D eigenvalue weighted by atomic mass is 10.1. The molecule has 0 aliphatic carbocycles. The molecule has 0 unspecified atom stereocenters. The number of rotatable bonds is 2. The van der Waals surface area contributed by atoms with Crippen LogP contribution in [-0.4, -0.2) is 16.2 Å². The second-order valence-electron chi connectivity index (χ2n) is 3.13. The van der Waals surface area contributed by atoms with Crippen molar-refractivity contribution in [3.8, 4) is 11.3 Å². The van der Waals surface area contributed by atoms with Gasteiger partial charge in [-0.05, 0) is 6.07 Å². The average molecular weight is 243 g/mol. The molecule has 0 amide bonds. The lowest BCUT2D eigenvalue weighted by molar-refractivity contribution is 0.0652. The molecule has 2 rings (SSSR count). The van der Waals surface area contributed by atoms with Gasteiger partial charge in [-0.15, -0.1) is 0 Å². The average Bonchev–Trinajstić information content (AvgIpc) is 2.72. The number of aromatic carboxylic acids is 1. The van der Waals surface area contributed by atoms with Crippen LogP contribution >= 0.6 is 0 Å². The summed E-state index contributed by atoms with van der Waals surface area (Å²) in [6.45, 7) is 0. The van der Waals surface area contributed by atoms with E-state index < -0.39 is 29.2 Å². The Kier molecular flexibility index (Phi) is 2.58. The zero-order valence-corrected chi connectivity index (χ0v) is 8.08. The number of carboxylic acids is 1. The summed E-state index contributed by atoms with van der Waals surface area (Å²) in [5, 5.41) is 11.8. The quantitative estimate of drug-likeness (QED) is 0.823. The van der Waals surface area contributed by atoms with Crippen LogP contribution in [0.3, 0.4) is 0 Å². The van der Waals surface area contributed by atoms with Gasteiger partial charge in [0.1, 0.15) is 11.5 Å². The summed E-state index contributed by atoms with van der Waals surface area (Å²) in [6, 6.07) is 1.84. The van der Waals surface area contributed by atoms with Crippen molar-refractivity contribution in [2.75, 3.05) is 0 Å². The first kappa shape index (κ1) is 11.2. The van der Waals surface area contributed by atoms with E-state index in [1.54, 1.807) is 0 Å². The molecule has 88 valence electrons. The molecule has 0 aliphatic rings. The van der Waals surface area contributed by atoms with E-state index in [9.17, 15) is 18.0 Å². The summed E-state index contributed by atoms with van der Waals surface area (Å²) in [7, 11) is 0. The lowest BCUT2D eigenvalue weighted by Crippen LogP contribution is -1.92. The highest BCUT2D eigenvalue weighted by atomic mass is 19.2. The van der Waals surface area contributed by atoms with Crippen LogP contribution in [0, 0.1) is 17.5 Å². The summed E-state index contributed by atoms with van der Waals surface area (Å²) in [6.07, 6.45) is 0. The van der Waals surface area contributed by atoms with E-state index in [1.807, 2.05) is 0 Å². The van der Waals surface area contributed by atoms with E-state index >= 15 is 0 Å². The number of benzene rings is 1. The van der Waals surface area contributed by atoms with Gasteiger partial charge >= 0.3 is 5.97 Å². The zero-order valence-electron chi connectivity index (χ0n) is 8.08. The molecular formula is C10H4F3NO3. The third kappa shape index (κ3) is 1.99. The SMILES string of the molecule is O=C(O)c1cc(-c2cc(F)c(F)cc2F)no1. The van der Waals surface area contributed by atoms with Crippen molar-refractivity contribution in [2.24, 2.45) is 0 Å². The molecule has 0 spiro atoms. The maximum absolute atomic E-state index is 13.3. The number of carboxylic acid groups (broad SMARTS) is 1. The molecule has 0 fully saturated rings. The lowest BCUT2D eigenvalue weighted by Gasteiger charge is -1.99. The first-order chi connectivity index (χ1) is 7.99. The molecule has 0 aliphatic heterocycles. The van der Waals surface area contributed by atoms with E-state index in [4.69, 9.17) is 5.11 Å². The summed E-state index contributed by atoms with van der Waals surface area (Å²) >= 11 is 0. The zero-order chi connectivity index (χ0) is 12.6. The fraction of sp³-hybridized carbons (Fsp3) is 0. The fourth-order valence-corrected chi connectivity index (χ4v) is 1.22. The Bertz CT molecular complexity index is 594. The third-order valence-electron chi connectivity index (χ3n) is 2.01. The van der Waals surface area contributed by atoms with Crippen molar-refractivity contribution in [3.63, 3.8) is 0 Å². The standard InChI is InChI=1S/C10H4F3NO3/c11-5-2-7(13)6(12)1-4(5)8-3-9(10(15)16)17-14-8/h1-3H,(H,15,16). The first-order valence-corrected chi connectivity index (χ1v) is 4.34. The van der Waals surface area contributed by atoms with Gasteiger partial charge in [0, 0.05) is 17.7 Å². The molecular weight excluding hydrogens is 239 g/mol. The molecule has 1 N–H and O–H groups in total. The van der Waals surface area contributed by atoms with Gasteiger partial charge in [0.15, 0.2) is 11.6 Å². The first-order valence-electron chi connectivity index (χ1n) is 4.34. The molecule has 2 aromatic rings. The normalized spacial score (nSPS) is 10.5. The molecule has 1 aromatic heterocycles. The van der Waals surface area contributed by atoms with Gasteiger partial charge in [0.25, 0.3) is 0 Å². The van der Waals surface area contributed by atoms with Gasteiger partial charge in [-0.2, -0.15) is 0 Å². The van der Waals surface area contributed by atoms with Crippen molar-refractivity contribution in [2.45, 2.75) is 0 Å². The highest BCUT2D eigenvalue weighted by Crippen LogP contribution is 2.24. The highest BCUT2D eigenvalue weighted by Gasteiger charge is 2.17. The molecule has 0 bridgehead atoms. The minimum absolute atomic E-state index is 0.223. The molecule has 7 heteroatoms. The number of halogens is 3. The van der Waals surface area contributed by atoms with Crippen molar-refractivity contribution < 1.29 is 27.6 Å². The van der Waals surface area contributed by atoms with Crippen LogP contribution < -0.4 is 0 Å². The minimum Gasteiger partial charge on any atom is -0.475 e. The Morgan fingerprint density at radius 3 is 2.35 bits per heavy atom. The monoisotopic (exact) mass is 243 g/mol. The van der Waals surface area contributed by atoms with Crippen molar-refractivity contribution >= 4 is 5.97 Å². The number of nitrogens with zero attached hydrogens (tertiary/aromatic N) is 1. The molecule has 1 aromatic carbocycles. The summed E-state index contributed by atoms with van der Waals surface area (Å²) in [5.41, 5.74) is -0.598. The minimum atomic E-state index is -1.40. The second kappa shape index (κ2) is 3.93. The largest absolute Gasteiger partial charge is 0.475 e. The number of carbonyl (C=O) groups is 1. The Balaban J connectivity index is 2.52. The van der Waals surface area contributed by atoms with Crippen molar-refractivity contribution in [1.29, 1.82) is 0 Å². The molecule has 0 saturated carbocycles. The van der Waals surface area contributed by atoms with Crippen molar-refractivity contribution in [3.05, 3.63) is 41.4 Å². The van der Waals surface area contributed by atoms with E-state index in [0.717, 1.165) is 6.07 Å². The number of aromatic nitrogens is 1. The summed E-state index contributed by atoms with van der Waals surface area (Å²) in [4.78, 5) is 10.5. The van der Waals surface area contributed by atoms with E-state index in [1.165, 1.54) is 0 Å². The number of hydrogen-bond acceptors (Lipinski definition) is 3. The van der Waals surface area contributed by atoms with Gasteiger partial charge in [0.05, 0.1) is 0 Å². The van der Waals surface area contributed by atoms with Gasteiger partial charge in [-0.1, -0.05) is 5.16 Å². The van der Waals surface area contributed by atoms with Crippen LogP contribution in [0.5, 0.6) is 0 Å². The van der Waals surface area contributed by atoms with Crippen LogP contribution in [0.4, 0.5) is 13.2 Å². The van der Waals surface area contributed by atoms with Crippen LogP contribution in [0.25, 0.3) is 11.3 Å². The predicted octanol–water partition coefficient (Wildman–Crippen LogP) is 2.46. The fourth-order valence-electron chi connectivity index (χ4n) is 1.22. The molecule has 0 atom stereocenters. The molecule has 0 radical (unpaired) electrons. The topological polar surface area (TPSA) is 63.3 Å². The van der Waals surface area contributed by atoms with Crippen molar-refractivity contribution in [1.82, 2.24) is 5.16 Å². The summed E-state index contributed by atoms with van der Waals surface area (Å²) in [5.74, 6) is -5.58. The van der Waals surface area contributed by atoms with Gasteiger partial charge < -0.3 is 9.63 Å². The second-order valence-corrected chi connectivity index (χ2v) is 3.13. The van der Waals surface area contributed by atoms with E-state index in [0.29, 0.717) is 12.1 Å². The Hall–Kier alpha value is -2.31. The highest BCUT2D eigenvalue weighted by molar-refractivity contribution is 5.85. The number of hydrogen-bond donors (Lipinski definition) is 1. The van der Waals surface area contributed by atoms with Gasteiger partial charge in [0.2, 0.25) is 5.76 Å². The Labute approximate surface area is 92.3 Å².